The van der Waals surface area contributed by atoms with Crippen molar-refractivity contribution in [2.24, 2.45) is 0 Å². The summed E-state index contributed by atoms with van der Waals surface area (Å²) in [5, 5.41) is 3.28. The fourth-order valence-corrected chi connectivity index (χ4v) is 2.91. The zero-order valence-electron chi connectivity index (χ0n) is 16.4. The minimum Gasteiger partial charge on any atom is -0.452 e. The molecular weight excluding hydrogens is 402 g/mol. The Morgan fingerprint density at radius 2 is 1.50 bits per heavy atom. The first-order chi connectivity index (χ1) is 14.4. The molecule has 0 aliphatic heterocycles. The molecule has 0 aliphatic rings. The standard InChI is InChI=1S/C24H20ClNO4/c1-16-6-10-18(11-7-16)23(28)20-4-2-3-5-21(20)24(29)30-15-22(27)26-14-17-8-12-19(25)13-9-17/h2-13H,14-15H2,1H3,(H,26,27). The van der Waals surface area contributed by atoms with Crippen molar-refractivity contribution in [3.05, 3.63) is 106 Å². The maximum Gasteiger partial charge on any atom is 0.339 e. The van der Waals surface area contributed by atoms with E-state index >= 15 is 0 Å². The van der Waals surface area contributed by atoms with Crippen LogP contribution in [0.25, 0.3) is 0 Å². The Bertz CT molecular complexity index is 1060. The summed E-state index contributed by atoms with van der Waals surface area (Å²) in [6.45, 7) is 1.77. The van der Waals surface area contributed by atoms with Crippen molar-refractivity contribution in [1.29, 1.82) is 0 Å². The number of benzene rings is 3. The van der Waals surface area contributed by atoms with Crippen LogP contribution in [0, 0.1) is 6.92 Å². The molecule has 0 spiro atoms. The summed E-state index contributed by atoms with van der Waals surface area (Å²) in [6, 6.07) is 20.5. The lowest BCUT2D eigenvalue weighted by Gasteiger charge is -2.10. The molecule has 0 atom stereocenters. The van der Waals surface area contributed by atoms with E-state index in [9.17, 15) is 14.4 Å². The topological polar surface area (TPSA) is 72.5 Å². The Hall–Kier alpha value is -3.44. The van der Waals surface area contributed by atoms with Crippen LogP contribution in [0.15, 0.2) is 72.8 Å². The molecule has 0 saturated heterocycles. The van der Waals surface area contributed by atoms with Crippen LogP contribution >= 0.6 is 11.6 Å². The zero-order chi connectivity index (χ0) is 21.5. The number of ether oxygens (including phenoxy) is 1. The van der Waals surface area contributed by atoms with Crippen LogP contribution < -0.4 is 5.32 Å². The van der Waals surface area contributed by atoms with E-state index in [1.165, 1.54) is 6.07 Å². The number of halogens is 1. The van der Waals surface area contributed by atoms with Gasteiger partial charge in [-0.2, -0.15) is 0 Å². The average molecular weight is 422 g/mol. The van der Waals surface area contributed by atoms with Gasteiger partial charge in [0.25, 0.3) is 5.91 Å². The Kier molecular flexibility index (Phi) is 6.99. The van der Waals surface area contributed by atoms with Gasteiger partial charge in [0.2, 0.25) is 0 Å². The monoisotopic (exact) mass is 421 g/mol. The number of ketones is 1. The van der Waals surface area contributed by atoms with Gasteiger partial charge in [0.1, 0.15) is 0 Å². The molecule has 0 bridgehead atoms. The van der Waals surface area contributed by atoms with Crippen LogP contribution in [-0.2, 0) is 16.1 Å². The predicted octanol–water partition coefficient (Wildman–Crippen LogP) is 4.35. The van der Waals surface area contributed by atoms with Gasteiger partial charge in [-0.15, -0.1) is 0 Å². The molecule has 0 heterocycles. The van der Waals surface area contributed by atoms with Gasteiger partial charge in [-0.3, -0.25) is 9.59 Å². The number of aryl methyl sites for hydroxylation is 1. The highest BCUT2D eigenvalue weighted by Gasteiger charge is 2.19. The number of carbonyl (C=O) groups excluding carboxylic acids is 3. The van der Waals surface area contributed by atoms with Crippen LogP contribution in [0.5, 0.6) is 0 Å². The second-order valence-corrected chi connectivity index (χ2v) is 7.16. The Morgan fingerprint density at radius 1 is 0.867 bits per heavy atom. The highest BCUT2D eigenvalue weighted by atomic mass is 35.5. The highest BCUT2D eigenvalue weighted by Crippen LogP contribution is 2.16. The minimum absolute atomic E-state index is 0.119. The van der Waals surface area contributed by atoms with Crippen molar-refractivity contribution >= 4 is 29.3 Å². The summed E-state index contributed by atoms with van der Waals surface area (Å²) in [5.41, 5.74) is 2.72. The van der Waals surface area contributed by atoms with E-state index < -0.39 is 18.5 Å². The molecule has 0 unspecified atom stereocenters. The average Bonchev–Trinajstić information content (AvgIpc) is 2.77. The summed E-state index contributed by atoms with van der Waals surface area (Å²) in [7, 11) is 0. The fourth-order valence-electron chi connectivity index (χ4n) is 2.78. The predicted molar refractivity (Wildman–Crippen MR) is 115 cm³/mol. The number of hydrogen-bond acceptors (Lipinski definition) is 4. The Morgan fingerprint density at radius 3 is 2.17 bits per heavy atom. The molecule has 5 nitrogen and oxygen atoms in total. The van der Waals surface area contributed by atoms with Gasteiger partial charge < -0.3 is 10.1 Å². The highest BCUT2D eigenvalue weighted by molar-refractivity contribution is 6.30. The van der Waals surface area contributed by atoms with E-state index in [2.05, 4.69) is 5.32 Å². The quantitative estimate of drug-likeness (QED) is 0.454. The van der Waals surface area contributed by atoms with Crippen LogP contribution in [0.1, 0.15) is 37.4 Å². The van der Waals surface area contributed by atoms with Crippen molar-refractivity contribution in [1.82, 2.24) is 5.32 Å². The number of nitrogens with one attached hydrogen (secondary N) is 1. The van der Waals surface area contributed by atoms with Crippen molar-refractivity contribution in [2.75, 3.05) is 6.61 Å². The number of carbonyl (C=O) groups is 3. The van der Waals surface area contributed by atoms with E-state index in [0.717, 1.165) is 11.1 Å². The van der Waals surface area contributed by atoms with E-state index in [0.29, 0.717) is 10.6 Å². The Labute approximate surface area is 179 Å². The molecule has 30 heavy (non-hydrogen) atoms. The Balaban J connectivity index is 1.61. The summed E-state index contributed by atoms with van der Waals surface area (Å²) >= 11 is 5.83. The molecule has 6 heteroatoms. The molecule has 1 N–H and O–H groups in total. The molecule has 3 aromatic carbocycles. The number of amides is 1. The van der Waals surface area contributed by atoms with Crippen LogP contribution in [0.2, 0.25) is 5.02 Å². The van der Waals surface area contributed by atoms with E-state index in [-0.39, 0.29) is 23.5 Å². The lowest BCUT2D eigenvalue weighted by molar-refractivity contribution is -0.124. The minimum atomic E-state index is -0.729. The van der Waals surface area contributed by atoms with Crippen molar-refractivity contribution in [3.63, 3.8) is 0 Å². The van der Waals surface area contributed by atoms with Crippen LogP contribution in [-0.4, -0.2) is 24.3 Å². The van der Waals surface area contributed by atoms with Gasteiger partial charge in [-0.25, -0.2) is 4.79 Å². The SMILES string of the molecule is Cc1ccc(C(=O)c2ccccc2C(=O)OCC(=O)NCc2ccc(Cl)cc2)cc1. The first-order valence-electron chi connectivity index (χ1n) is 9.32. The largest absolute Gasteiger partial charge is 0.452 e. The number of esters is 1. The number of hydrogen-bond donors (Lipinski definition) is 1. The van der Waals surface area contributed by atoms with Crippen molar-refractivity contribution in [2.45, 2.75) is 13.5 Å². The summed E-state index contributed by atoms with van der Waals surface area (Å²) in [5.74, 6) is -1.46. The molecule has 3 aromatic rings. The van der Waals surface area contributed by atoms with Crippen LogP contribution in [0.4, 0.5) is 0 Å². The maximum absolute atomic E-state index is 12.8. The molecule has 152 valence electrons. The van der Waals surface area contributed by atoms with Gasteiger partial charge >= 0.3 is 5.97 Å². The maximum atomic E-state index is 12.8. The van der Waals surface area contributed by atoms with E-state index in [1.807, 2.05) is 19.1 Å². The van der Waals surface area contributed by atoms with Gasteiger partial charge in [-0.1, -0.05) is 71.8 Å². The third kappa shape index (κ3) is 5.55. The molecule has 0 saturated carbocycles. The van der Waals surface area contributed by atoms with Gasteiger partial charge in [-0.05, 0) is 30.7 Å². The normalized spacial score (nSPS) is 10.3. The third-order valence-corrected chi connectivity index (χ3v) is 4.69. The molecule has 0 aromatic heterocycles. The molecular formula is C24H20ClNO4. The second kappa shape index (κ2) is 9.85. The summed E-state index contributed by atoms with van der Waals surface area (Å²) < 4.78 is 5.12. The van der Waals surface area contributed by atoms with Crippen molar-refractivity contribution < 1.29 is 19.1 Å². The van der Waals surface area contributed by atoms with Crippen molar-refractivity contribution in [3.8, 4) is 0 Å². The smallest absolute Gasteiger partial charge is 0.339 e. The molecule has 1 amide bonds. The summed E-state index contributed by atoms with van der Waals surface area (Å²) in [6.07, 6.45) is 0. The first kappa shape index (κ1) is 21.3. The molecule has 0 fully saturated rings. The third-order valence-electron chi connectivity index (χ3n) is 4.44. The molecule has 0 aliphatic carbocycles. The first-order valence-corrected chi connectivity index (χ1v) is 9.70. The van der Waals surface area contributed by atoms with Gasteiger partial charge in [0.15, 0.2) is 12.4 Å². The van der Waals surface area contributed by atoms with Gasteiger partial charge in [0, 0.05) is 22.7 Å². The lowest BCUT2D eigenvalue weighted by atomic mass is 9.98. The van der Waals surface area contributed by atoms with E-state index in [1.54, 1.807) is 54.6 Å². The fraction of sp³-hybridized carbons (Fsp3) is 0.125. The lowest BCUT2D eigenvalue weighted by Crippen LogP contribution is -2.28. The van der Waals surface area contributed by atoms with E-state index in [4.69, 9.17) is 16.3 Å². The molecule has 0 radical (unpaired) electrons. The second-order valence-electron chi connectivity index (χ2n) is 6.72. The number of rotatable bonds is 7. The van der Waals surface area contributed by atoms with Gasteiger partial charge in [0.05, 0.1) is 5.56 Å². The molecule has 3 rings (SSSR count). The zero-order valence-corrected chi connectivity index (χ0v) is 17.1. The van der Waals surface area contributed by atoms with Crippen LogP contribution in [0.3, 0.4) is 0 Å². The summed E-state index contributed by atoms with van der Waals surface area (Å²) in [4.78, 5) is 37.3.